The maximum atomic E-state index is 12.0. The van der Waals surface area contributed by atoms with E-state index in [4.69, 9.17) is 0 Å². The van der Waals surface area contributed by atoms with Gasteiger partial charge in [-0.15, -0.1) is 12.4 Å². The molecule has 1 amide bonds. The Morgan fingerprint density at radius 3 is 2.59 bits per heavy atom. The van der Waals surface area contributed by atoms with Gasteiger partial charge in [0.05, 0.1) is 5.75 Å². The van der Waals surface area contributed by atoms with Crippen LogP contribution < -0.4 is 10.6 Å². The highest BCUT2D eigenvalue weighted by Crippen LogP contribution is 2.14. The lowest BCUT2D eigenvalue weighted by atomic mass is 10.00. The minimum absolute atomic E-state index is 0. The molecule has 130 valence electrons. The summed E-state index contributed by atoms with van der Waals surface area (Å²) in [5.74, 6) is 0.569. The third kappa shape index (κ3) is 6.40. The van der Waals surface area contributed by atoms with Gasteiger partial charge in [-0.2, -0.15) is 0 Å². The van der Waals surface area contributed by atoms with E-state index in [2.05, 4.69) is 10.6 Å². The van der Waals surface area contributed by atoms with E-state index in [9.17, 15) is 13.2 Å². The first-order chi connectivity index (χ1) is 10.1. The van der Waals surface area contributed by atoms with E-state index in [1.54, 1.807) is 4.31 Å². The zero-order valence-electron chi connectivity index (χ0n) is 13.1. The summed E-state index contributed by atoms with van der Waals surface area (Å²) >= 11 is 0. The van der Waals surface area contributed by atoms with Crippen LogP contribution in [0.2, 0.25) is 0 Å². The summed E-state index contributed by atoms with van der Waals surface area (Å²) in [4.78, 5) is 11.8. The molecule has 0 aromatic heterocycles. The molecule has 1 unspecified atom stereocenters. The molecule has 0 aromatic rings. The normalized spacial score (nSPS) is 23.0. The van der Waals surface area contributed by atoms with Crippen molar-refractivity contribution in [1.82, 2.24) is 14.9 Å². The highest BCUT2D eigenvalue weighted by molar-refractivity contribution is 7.89. The molecule has 22 heavy (non-hydrogen) atoms. The second-order valence-corrected chi connectivity index (χ2v) is 8.13. The molecule has 0 saturated carbocycles. The lowest BCUT2D eigenvalue weighted by Gasteiger charge is -2.22. The third-order valence-corrected chi connectivity index (χ3v) is 6.21. The van der Waals surface area contributed by atoms with Gasteiger partial charge in [0, 0.05) is 26.1 Å². The Morgan fingerprint density at radius 2 is 1.95 bits per heavy atom. The van der Waals surface area contributed by atoms with E-state index in [1.807, 2.05) is 0 Å². The van der Waals surface area contributed by atoms with Crippen molar-refractivity contribution in [2.75, 3.05) is 38.5 Å². The first-order valence-corrected chi connectivity index (χ1v) is 9.64. The number of carbonyl (C=O) groups is 1. The standard InChI is InChI=1S/C14H27N3O3S.ClH/c18-14(16-12-13-5-3-7-15-11-13)6-4-10-21(19,20)17-8-1-2-9-17;/h13,15H,1-12H2,(H,16,18);1H. The van der Waals surface area contributed by atoms with Crippen molar-refractivity contribution in [2.45, 2.75) is 38.5 Å². The van der Waals surface area contributed by atoms with E-state index in [-0.39, 0.29) is 24.1 Å². The molecule has 0 aromatic carbocycles. The summed E-state index contributed by atoms with van der Waals surface area (Å²) in [7, 11) is -3.15. The van der Waals surface area contributed by atoms with Crippen molar-refractivity contribution in [1.29, 1.82) is 0 Å². The van der Waals surface area contributed by atoms with E-state index in [0.29, 0.717) is 38.4 Å². The molecule has 2 rings (SSSR count). The predicted octanol–water partition coefficient (Wildman–Crippen LogP) is 0.730. The molecular formula is C14H28ClN3O3S. The summed E-state index contributed by atoms with van der Waals surface area (Å²) in [6.07, 6.45) is 4.93. The summed E-state index contributed by atoms with van der Waals surface area (Å²) in [6.45, 7) is 4.01. The zero-order valence-corrected chi connectivity index (χ0v) is 14.7. The fourth-order valence-corrected chi connectivity index (χ4v) is 4.54. The number of sulfonamides is 1. The number of nitrogens with one attached hydrogen (secondary N) is 2. The fourth-order valence-electron chi connectivity index (χ4n) is 2.96. The van der Waals surface area contributed by atoms with Gasteiger partial charge in [0.1, 0.15) is 0 Å². The van der Waals surface area contributed by atoms with Crippen LogP contribution in [0, 0.1) is 5.92 Å². The monoisotopic (exact) mass is 353 g/mol. The Labute approximate surface area is 139 Å². The topological polar surface area (TPSA) is 78.5 Å². The van der Waals surface area contributed by atoms with Gasteiger partial charge in [0.25, 0.3) is 0 Å². The molecule has 2 N–H and O–H groups in total. The van der Waals surface area contributed by atoms with Crippen LogP contribution in [0.5, 0.6) is 0 Å². The zero-order chi connectivity index (χ0) is 15.1. The molecule has 6 nitrogen and oxygen atoms in total. The van der Waals surface area contributed by atoms with Crippen LogP contribution in [0.1, 0.15) is 38.5 Å². The molecule has 0 aliphatic carbocycles. The summed E-state index contributed by atoms with van der Waals surface area (Å²) < 4.78 is 25.6. The number of carbonyl (C=O) groups excluding carboxylic acids is 1. The maximum Gasteiger partial charge on any atom is 0.220 e. The predicted molar refractivity (Wildman–Crippen MR) is 89.7 cm³/mol. The molecular weight excluding hydrogens is 326 g/mol. The van der Waals surface area contributed by atoms with Crippen LogP contribution in [0.25, 0.3) is 0 Å². The number of rotatable bonds is 7. The lowest BCUT2D eigenvalue weighted by molar-refractivity contribution is -0.121. The molecule has 2 fully saturated rings. The Balaban J connectivity index is 0.00000242. The second kappa shape index (κ2) is 9.70. The van der Waals surface area contributed by atoms with Crippen LogP contribution >= 0.6 is 12.4 Å². The quantitative estimate of drug-likeness (QED) is 0.707. The summed E-state index contributed by atoms with van der Waals surface area (Å²) in [5, 5.41) is 6.24. The number of hydrogen-bond acceptors (Lipinski definition) is 4. The van der Waals surface area contributed by atoms with E-state index >= 15 is 0 Å². The van der Waals surface area contributed by atoms with Gasteiger partial charge < -0.3 is 10.6 Å². The minimum atomic E-state index is -3.15. The summed E-state index contributed by atoms with van der Waals surface area (Å²) in [5.41, 5.74) is 0. The Morgan fingerprint density at radius 1 is 1.23 bits per heavy atom. The van der Waals surface area contributed by atoms with E-state index in [0.717, 1.165) is 38.8 Å². The number of halogens is 1. The van der Waals surface area contributed by atoms with E-state index in [1.165, 1.54) is 0 Å². The molecule has 2 aliphatic heterocycles. The minimum Gasteiger partial charge on any atom is -0.356 e. The lowest BCUT2D eigenvalue weighted by Crippen LogP contribution is -2.38. The molecule has 0 radical (unpaired) electrons. The smallest absolute Gasteiger partial charge is 0.220 e. The highest BCUT2D eigenvalue weighted by Gasteiger charge is 2.24. The van der Waals surface area contributed by atoms with Gasteiger partial charge in [-0.3, -0.25) is 4.79 Å². The van der Waals surface area contributed by atoms with Crippen molar-refractivity contribution in [2.24, 2.45) is 5.92 Å². The maximum absolute atomic E-state index is 12.0. The number of piperidine rings is 1. The number of amides is 1. The third-order valence-electron chi connectivity index (χ3n) is 4.25. The highest BCUT2D eigenvalue weighted by atomic mass is 35.5. The second-order valence-electron chi connectivity index (χ2n) is 6.04. The largest absolute Gasteiger partial charge is 0.356 e. The molecule has 0 bridgehead atoms. The number of hydrogen-bond donors (Lipinski definition) is 2. The average molecular weight is 354 g/mol. The number of nitrogens with zero attached hydrogens (tertiary/aromatic N) is 1. The molecule has 2 aliphatic rings. The molecule has 2 heterocycles. The first kappa shape index (κ1) is 19.7. The van der Waals surface area contributed by atoms with Gasteiger partial charge in [-0.25, -0.2) is 12.7 Å². The fraction of sp³-hybridized carbons (Fsp3) is 0.929. The van der Waals surface area contributed by atoms with Crippen molar-refractivity contribution in [3.8, 4) is 0 Å². The molecule has 1 atom stereocenters. The van der Waals surface area contributed by atoms with Crippen molar-refractivity contribution < 1.29 is 13.2 Å². The summed E-state index contributed by atoms with van der Waals surface area (Å²) in [6, 6.07) is 0. The van der Waals surface area contributed by atoms with Crippen molar-refractivity contribution >= 4 is 28.3 Å². The SMILES string of the molecule is Cl.O=C(CCCS(=O)(=O)N1CCCC1)NCC1CCCNC1. The van der Waals surface area contributed by atoms with Crippen LogP contribution in [0.3, 0.4) is 0 Å². The van der Waals surface area contributed by atoms with Crippen LogP contribution in [0.4, 0.5) is 0 Å². The Kier molecular flexibility index (Phi) is 8.67. The van der Waals surface area contributed by atoms with Gasteiger partial charge in [-0.1, -0.05) is 0 Å². The Hall–Kier alpha value is -0.370. The molecule has 0 spiro atoms. The van der Waals surface area contributed by atoms with Crippen LogP contribution in [-0.2, 0) is 14.8 Å². The van der Waals surface area contributed by atoms with Crippen LogP contribution in [0.15, 0.2) is 0 Å². The average Bonchev–Trinajstić information content (AvgIpc) is 3.01. The van der Waals surface area contributed by atoms with Gasteiger partial charge in [0.2, 0.25) is 15.9 Å². The van der Waals surface area contributed by atoms with Gasteiger partial charge in [-0.05, 0) is 51.1 Å². The molecule has 8 heteroatoms. The van der Waals surface area contributed by atoms with Gasteiger partial charge >= 0.3 is 0 Å². The molecule has 2 saturated heterocycles. The van der Waals surface area contributed by atoms with Crippen LogP contribution in [-0.4, -0.2) is 57.1 Å². The van der Waals surface area contributed by atoms with Crippen molar-refractivity contribution in [3.63, 3.8) is 0 Å². The van der Waals surface area contributed by atoms with Crippen molar-refractivity contribution in [3.05, 3.63) is 0 Å². The Bertz CT molecular complexity index is 433. The van der Waals surface area contributed by atoms with Gasteiger partial charge in [0.15, 0.2) is 0 Å². The first-order valence-electron chi connectivity index (χ1n) is 8.03. The van der Waals surface area contributed by atoms with E-state index < -0.39 is 10.0 Å².